The standard InChI is InChI=1S/C17H18N4O/c22-17(19-9-8-15-12-18-13-20-15)16(21-10-4-5-11-21)14-6-2-1-3-7-14/h1-7,10-13,16H,8-9H2,(H,18,20)(H,19,22)/t16-/m0/s1. The van der Waals surface area contributed by atoms with Crippen LogP contribution in [0.15, 0.2) is 67.4 Å². The number of carbonyl (C=O) groups is 1. The minimum atomic E-state index is -0.349. The highest BCUT2D eigenvalue weighted by atomic mass is 16.2. The molecule has 3 aromatic rings. The summed E-state index contributed by atoms with van der Waals surface area (Å²) in [6.45, 7) is 0.575. The summed E-state index contributed by atoms with van der Waals surface area (Å²) < 4.78 is 1.92. The van der Waals surface area contributed by atoms with Crippen molar-refractivity contribution < 1.29 is 4.79 Å². The Labute approximate surface area is 129 Å². The van der Waals surface area contributed by atoms with Crippen LogP contribution in [0.5, 0.6) is 0 Å². The van der Waals surface area contributed by atoms with Crippen molar-refractivity contribution in [2.45, 2.75) is 12.5 Å². The molecule has 1 atom stereocenters. The van der Waals surface area contributed by atoms with Crippen molar-refractivity contribution in [2.75, 3.05) is 6.54 Å². The Morgan fingerprint density at radius 1 is 1.18 bits per heavy atom. The third kappa shape index (κ3) is 3.25. The van der Waals surface area contributed by atoms with Crippen molar-refractivity contribution >= 4 is 5.91 Å². The summed E-state index contributed by atoms with van der Waals surface area (Å²) in [4.78, 5) is 19.6. The molecule has 0 aliphatic rings. The fourth-order valence-electron chi connectivity index (χ4n) is 2.45. The number of aromatic nitrogens is 3. The van der Waals surface area contributed by atoms with Gasteiger partial charge in [-0.05, 0) is 17.7 Å². The van der Waals surface area contributed by atoms with Crippen molar-refractivity contribution in [1.29, 1.82) is 0 Å². The summed E-state index contributed by atoms with van der Waals surface area (Å²) in [5, 5.41) is 3.00. The molecule has 0 unspecified atom stereocenters. The lowest BCUT2D eigenvalue weighted by Gasteiger charge is -2.19. The lowest BCUT2D eigenvalue weighted by atomic mass is 10.1. The van der Waals surface area contributed by atoms with Gasteiger partial charge in [0.05, 0.1) is 6.33 Å². The van der Waals surface area contributed by atoms with Crippen LogP contribution in [0.25, 0.3) is 0 Å². The predicted molar refractivity (Wildman–Crippen MR) is 84.3 cm³/mol. The van der Waals surface area contributed by atoms with Crippen LogP contribution in [0.4, 0.5) is 0 Å². The quantitative estimate of drug-likeness (QED) is 0.732. The van der Waals surface area contributed by atoms with E-state index in [4.69, 9.17) is 0 Å². The molecule has 0 saturated heterocycles. The van der Waals surface area contributed by atoms with Crippen LogP contribution in [0.1, 0.15) is 17.3 Å². The van der Waals surface area contributed by atoms with Crippen LogP contribution in [0, 0.1) is 0 Å². The molecule has 0 radical (unpaired) electrons. The van der Waals surface area contributed by atoms with Gasteiger partial charge in [0.2, 0.25) is 5.91 Å². The number of imidazole rings is 1. The van der Waals surface area contributed by atoms with E-state index in [0.29, 0.717) is 6.54 Å². The van der Waals surface area contributed by atoms with Gasteiger partial charge in [0.1, 0.15) is 6.04 Å². The molecule has 2 N–H and O–H groups in total. The first-order valence-corrected chi connectivity index (χ1v) is 7.27. The van der Waals surface area contributed by atoms with Crippen molar-refractivity contribution in [3.05, 3.63) is 78.6 Å². The molecule has 0 fully saturated rings. The topological polar surface area (TPSA) is 62.7 Å². The summed E-state index contributed by atoms with van der Waals surface area (Å²) in [6.07, 6.45) is 7.97. The van der Waals surface area contributed by atoms with Gasteiger partial charge < -0.3 is 14.9 Å². The van der Waals surface area contributed by atoms with Crippen molar-refractivity contribution in [3.8, 4) is 0 Å². The molecule has 1 aromatic carbocycles. The smallest absolute Gasteiger partial charge is 0.247 e. The Hall–Kier alpha value is -2.82. The van der Waals surface area contributed by atoms with Crippen LogP contribution >= 0.6 is 0 Å². The number of benzene rings is 1. The van der Waals surface area contributed by atoms with Gasteiger partial charge in [-0.2, -0.15) is 0 Å². The monoisotopic (exact) mass is 294 g/mol. The number of nitrogens with zero attached hydrogens (tertiary/aromatic N) is 2. The highest BCUT2D eigenvalue weighted by molar-refractivity contribution is 5.83. The summed E-state index contributed by atoms with van der Waals surface area (Å²) >= 11 is 0. The number of amides is 1. The van der Waals surface area contributed by atoms with E-state index in [1.54, 1.807) is 12.5 Å². The summed E-state index contributed by atoms with van der Waals surface area (Å²) in [6, 6.07) is 13.3. The molecular formula is C17H18N4O. The molecular weight excluding hydrogens is 276 g/mol. The third-order valence-corrected chi connectivity index (χ3v) is 3.54. The number of hydrogen-bond acceptors (Lipinski definition) is 2. The first-order valence-electron chi connectivity index (χ1n) is 7.27. The lowest BCUT2D eigenvalue weighted by Crippen LogP contribution is -2.34. The van der Waals surface area contributed by atoms with E-state index in [1.807, 2.05) is 59.4 Å². The average Bonchev–Trinajstić information content (AvgIpc) is 3.22. The van der Waals surface area contributed by atoms with Gasteiger partial charge in [-0.3, -0.25) is 4.79 Å². The van der Waals surface area contributed by atoms with Gasteiger partial charge in [-0.1, -0.05) is 30.3 Å². The highest BCUT2D eigenvalue weighted by Gasteiger charge is 2.21. The van der Waals surface area contributed by atoms with Gasteiger partial charge in [0.25, 0.3) is 0 Å². The van der Waals surface area contributed by atoms with E-state index in [1.165, 1.54) is 0 Å². The molecule has 2 heterocycles. The minimum absolute atomic E-state index is 0.0121. The largest absolute Gasteiger partial charge is 0.354 e. The molecule has 0 bridgehead atoms. The Morgan fingerprint density at radius 3 is 2.64 bits per heavy atom. The van der Waals surface area contributed by atoms with Gasteiger partial charge in [0.15, 0.2) is 0 Å². The van der Waals surface area contributed by atoms with Crippen LogP contribution in [-0.2, 0) is 11.2 Å². The predicted octanol–water partition coefficient (Wildman–Crippen LogP) is 2.16. The highest BCUT2D eigenvalue weighted by Crippen LogP contribution is 2.18. The van der Waals surface area contributed by atoms with Gasteiger partial charge in [-0.15, -0.1) is 0 Å². The lowest BCUT2D eigenvalue weighted by molar-refractivity contribution is -0.123. The molecule has 3 rings (SSSR count). The average molecular weight is 294 g/mol. The number of carbonyl (C=O) groups excluding carboxylic acids is 1. The molecule has 112 valence electrons. The maximum Gasteiger partial charge on any atom is 0.247 e. The summed E-state index contributed by atoms with van der Waals surface area (Å²) in [5.74, 6) is -0.0121. The van der Waals surface area contributed by atoms with E-state index in [2.05, 4.69) is 15.3 Å². The zero-order valence-corrected chi connectivity index (χ0v) is 12.1. The molecule has 22 heavy (non-hydrogen) atoms. The zero-order chi connectivity index (χ0) is 15.2. The van der Waals surface area contributed by atoms with Crippen LogP contribution in [-0.4, -0.2) is 27.0 Å². The molecule has 0 saturated carbocycles. The second-order valence-corrected chi connectivity index (χ2v) is 5.06. The second kappa shape index (κ2) is 6.76. The fraction of sp³-hybridized carbons (Fsp3) is 0.176. The van der Waals surface area contributed by atoms with Crippen LogP contribution in [0.2, 0.25) is 0 Å². The first-order chi connectivity index (χ1) is 10.8. The Morgan fingerprint density at radius 2 is 1.95 bits per heavy atom. The van der Waals surface area contributed by atoms with Crippen molar-refractivity contribution in [1.82, 2.24) is 19.9 Å². The number of rotatable bonds is 6. The van der Waals surface area contributed by atoms with E-state index >= 15 is 0 Å². The normalized spacial score (nSPS) is 12.0. The van der Waals surface area contributed by atoms with Crippen LogP contribution in [0.3, 0.4) is 0 Å². The van der Waals surface area contributed by atoms with E-state index in [9.17, 15) is 4.79 Å². The molecule has 5 heteroatoms. The van der Waals surface area contributed by atoms with Gasteiger partial charge in [-0.25, -0.2) is 4.98 Å². The number of H-pyrrole nitrogens is 1. The molecule has 0 aliphatic heterocycles. The molecule has 5 nitrogen and oxygen atoms in total. The van der Waals surface area contributed by atoms with Crippen molar-refractivity contribution in [2.24, 2.45) is 0 Å². The van der Waals surface area contributed by atoms with E-state index in [-0.39, 0.29) is 11.9 Å². The summed E-state index contributed by atoms with van der Waals surface area (Å²) in [5.41, 5.74) is 1.98. The number of hydrogen-bond donors (Lipinski definition) is 2. The van der Waals surface area contributed by atoms with Crippen LogP contribution < -0.4 is 5.32 Å². The Balaban J connectivity index is 1.70. The van der Waals surface area contributed by atoms with Crippen molar-refractivity contribution in [3.63, 3.8) is 0 Å². The first kappa shape index (κ1) is 14.1. The van der Waals surface area contributed by atoms with Gasteiger partial charge >= 0.3 is 0 Å². The Bertz CT molecular complexity index is 690. The third-order valence-electron chi connectivity index (χ3n) is 3.54. The molecule has 2 aromatic heterocycles. The zero-order valence-electron chi connectivity index (χ0n) is 12.1. The fourth-order valence-corrected chi connectivity index (χ4v) is 2.45. The number of aromatic amines is 1. The second-order valence-electron chi connectivity index (χ2n) is 5.06. The van der Waals surface area contributed by atoms with E-state index in [0.717, 1.165) is 17.7 Å². The maximum absolute atomic E-state index is 12.6. The Kier molecular flexibility index (Phi) is 4.34. The summed E-state index contributed by atoms with van der Waals surface area (Å²) in [7, 11) is 0. The SMILES string of the molecule is O=C(NCCc1cnc[nH]1)[C@H](c1ccccc1)n1cccc1. The molecule has 1 amide bonds. The molecule has 0 aliphatic carbocycles. The van der Waals surface area contributed by atoms with E-state index < -0.39 is 0 Å². The van der Waals surface area contributed by atoms with Gasteiger partial charge in [0, 0.05) is 37.3 Å². The maximum atomic E-state index is 12.6. The minimum Gasteiger partial charge on any atom is -0.354 e. The number of nitrogens with one attached hydrogen (secondary N) is 2. The molecule has 0 spiro atoms.